The number of ether oxygens (including phenoxy) is 1. The standard InChI is InChI=1S/C21H22BrN3O2/c1-11(2)15-9-16(17(26)10-18(15)27-4)20-19(12(3)24-21(23)25-20)13-5-7-14(22)8-6-13/h5-11,26H,1-4H3,(H2,23,24,25). The SMILES string of the molecule is COc1cc(O)c(-c2nc(N)nc(C)c2-c2ccc(Br)cc2)cc1C(C)C. The largest absolute Gasteiger partial charge is 0.507 e. The highest BCUT2D eigenvalue weighted by Gasteiger charge is 2.20. The molecule has 0 amide bonds. The van der Waals surface area contributed by atoms with Gasteiger partial charge < -0.3 is 15.6 Å². The summed E-state index contributed by atoms with van der Waals surface area (Å²) in [5.41, 5.74) is 10.7. The van der Waals surface area contributed by atoms with Gasteiger partial charge in [0.15, 0.2) is 0 Å². The molecule has 0 spiro atoms. The van der Waals surface area contributed by atoms with E-state index in [4.69, 9.17) is 10.5 Å². The maximum absolute atomic E-state index is 10.7. The van der Waals surface area contributed by atoms with Gasteiger partial charge in [-0.2, -0.15) is 0 Å². The van der Waals surface area contributed by atoms with Crippen LogP contribution in [0.25, 0.3) is 22.4 Å². The van der Waals surface area contributed by atoms with Gasteiger partial charge >= 0.3 is 0 Å². The molecule has 3 aromatic rings. The van der Waals surface area contributed by atoms with Gasteiger partial charge in [-0.25, -0.2) is 9.97 Å². The average molecular weight is 428 g/mol. The molecule has 6 heteroatoms. The predicted molar refractivity (Wildman–Crippen MR) is 112 cm³/mol. The first-order valence-electron chi connectivity index (χ1n) is 8.63. The Morgan fingerprint density at radius 3 is 2.37 bits per heavy atom. The summed E-state index contributed by atoms with van der Waals surface area (Å²) < 4.78 is 6.41. The molecular weight excluding hydrogens is 406 g/mol. The summed E-state index contributed by atoms with van der Waals surface area (Å²) in [5.74, 6) is 1.13. The van der Waals surface area contributed by atoms with Crippen molar-refractivity contribution < 1.29 is 9.84 Å². The van der Waals surface area contributed by atoms with Crippen molar-refractivity contribution >= 4 is 21.9 Å². The Bertz CT molecular complexity index is 986. The number of aryl methyl sites for hydroxylation is 1. The molecule has 5 nitrogen and oxygen atoms in total. The third kappa shape index (κ3) is 3.76. The van der Waals surface area contributed by atoms with E-state index in [0.29, 0.717) is 17.0 Å². The molecule has 0 radical (unpaired) electrons. The van der Waals surface area contributed by atoms with E-state index in [0.717, 1.165) is 26.9 Å². The second-order valence-electron chi connectivity index (χ2n) is 6.66. The number of rotatable bonds is 4. The van der Waals surface area contributed by atoms with Gasteiger partial charge in [-0.3, -0.25) is 0 Å². The molecule has 2 aromatic carbocycles. The summed E-state index contributed by atoms with van der Waals surface area (Å²) in [6, 6.07) is 11.4. The van der Waals surface area contributed by atoms with Crippen LogP contribution in [-0.2, 0) is 0 Å². The van der Waals surface area contributed by atoms with Crippen LogP contribution in [-0.4, -0.2) is 22.2 Å². The van der Waals surface area contributed by atoms with E-state index >= 15 is 0 Å². The van der Waals surface area contributed by atoms with E-state index in [-0.39, 0.29) is 17.6 Å². The number of hydrogen-bond donors (Lipinski definition) is 2. The van der Waals surface area contributed by atoms with Gasteiger partial charge in [0.2, 0.25) is 5.95 Å². The van der Waals surface area contributed by atoms with E-state index in [2.05, 4.69) is 39.7 Å². The maximum atomic E-state index is 10.7. The van der Waals surface area contributed by atoms with Crippen molar-refractivity contribution in [3.8, 4) is 33.9 Å². The Morgan fingerprint density at radius 1 is 1.11 bits per heavy atom. The zero-order valence-electron chi connectivity index (χ0n) is 15.7. The fraction of sp³-hybridized carbons (Fsp3) is 0.238. The number of phenolic OH excluding ortho intramolecular Hbond substituents is 1. The van der Waals surface area contributed by atoms with E-state index in [1.54, 1.807) is 13.2 Å². The van der Waals surface area contributed by atoms with Crippen LogP contribution in [0.4, 0.5) is 5.95 Å². The van der Waals surface area contributed by atoms with Crippen LogP contribution >= 0.6 is 15.9 Å². The number of aromatic hydroxyl groups is 1. The highest BCUT2D eigenvalue weighted by atomic mass is 79.9. The summed E-state index contributed by atoms with van der Waals surface area (Å²) in [7, 11) is 1.60. The first-order chi connectivity index (χ1) is 12.8. The van der Waals surface area contributed by atoms with Crippen molar-refractivity contribution in [1.29, 1.82) is 0 Å². The zero-order chi connectivity index (χ0) is 19.7. The van der Waals surface area contributed by atoms with Crippen molar-refractivity contribution in [3.63, 3.8) is 0 Å². The Labute approximate surface area is 167 Å². The lowest BCUT2D eigenvalue weighted by Crippen LogP contribution is -2.03. The van der Waals surface area contributed by atoms with Crippen LogP contribution < -0.4 is 10.5 Å². The molecule has 0 saturated carbocycles. The second kappa shape index (κ2) is 7.56. The van der Waals surface area contributed by atoms with Crippen LogP contribution in [0.5, 0.6) is 11.5 Å². The summed E-state index contributed by atoms with van der Waals surface area (Å²) in [6.45, 7) is 6.05. The van der Waals surface area contributed by atoms with Crippen LogP contribution in [0, 0.1) is 6.92 Å². The lowest BCUT2D eigenvalue weighted by Gasteiger charge is -2.18. The lowest BCUT2D eigenvalue weighted by atomic mass is 9.93. The molecule has 0 bridgehead atoms. The number of halogens is 1. The number of nitrogens with two attached hydrogens (primary N) is 1. The van der Waals surface area contributed by atoms with Gasteiger partial charge in [0.05, 0.1) is 18.5 Å². The van der Waals surface area contributed by atoms with Crippen molar-refractivity contribution in [1.82, 2.24) is 9.97 Å². The molecule has 0 saturated heterocycles. The lowest BCUT2D eigenvalue weighted by molar-refractivity contribution is 0.401. The molecule has 0 fully saturated rings. The van der Waals surface area contributed by atoms with Crippen LogP contribution in [0.3, 0.4) is 0 Å². The molecule has 140 valence electrons. The minimum absolute atomic E-state index is 0.0899. The van der Waals surface area contributed by atoms with Crippen molar-refractivity contribution in [2.75, 3.05) is 12.8 Å². The van der Waals surface area contributed by atoms with Gasteiger partial charge in [-0.05, 0) is 42.2 Å². The maximum Gasteiger partial charge on any atom is 0.220 e. The summed E-state index contributed by atoms with van der Waals surface area (Å²) >= 11 is 3.46. The molecule has 27 heavy (non-hydrogen) atoms. The molecule has 3 N–H and O–H groups in total. The second-order valence-corrected chi connectivity index (χ2v) is 7.58. The van der Waals surface area contributed by atoms with Gasteiger partial charge in [0.1, 0.15) is 11.5 Å². The Balaban J connectivity index is 2.32. The smallest absolute Gasteiger partial charge is 0.220 e. The molecular formula is C21H22BrN3O2. The molecule has 3 rings (SSSR count). The minimum atomic E-state index is 0.0899. The topological polar surface area (TPSA) is 81.3 Å². The number of phenols is 1. The predicted octanol–water partition coefficient (Wildman–Crippen LogP) is 5.30. The fourth-order valence-corrected chi connectivity index (χ4v) is 3.42. The van der Waals surface area contributed by atoms with Crippen LogP contribution in [0.2, 0.25) is 0 Å². The first kappa shape index (κ1) is 19.2. The number of benzene rings is 2. The highest BCUT2D eigenvalue weighted by molar-refractivity contribution is 9.10. The van der Waals surface area contributed by atoms with Gasteiger partial charge in [-0.15, -0.1) is 0 Å². The molecule has 0 aliphatic heterocycles. The van der Waals surface area contributed by atoms with E-state index < -0.39 is 0 Å². The van der Waals surface area contributed by atoms with Crippen molar-refractivity contribution in [2.45, 2.75) is 26.7 Å². The third-order valence-corrected chi connectivity index (χ3v) is 4.99. The molecule has 1 aromatic heterocycles. The van der Waals surface area contributed by atoms with E-state index in [1.165, 1.54) is 0 Å². The quantitative estimate of drug-likeness (QED) is 0.589. The van der Waals surface area contributed by atoms with E-state index in [1.807, 2.05) is 37.3 Å². The number of nitrogen functional groups attached to an aromatic ring is 1. The number of aromatic nitrogens is 2. The summed E-state index contributed by atoms with van der Waals surface area (Å²) in [5, 5.41) is 10.7. The molecule has 1 heterocycles. The first-order valence-corrected chi connectivity index (χ1v) is 9.42. The minimum Gasteiger partial charge on any atom is -0.507 e. The zero-order valence-corrected chi connectivity index (χ0v) is 17.3. The Kier molecular flexibility index (Phi) is 5.37. The highest BCUT2D eigenvalue weighted by Crippen LogP contribution is 2.42. The summed E-state index contributed by atoms with van der Waals surface area (Å²) in [4.78, 5) is 8.80. The number of anilines is 1. The number of methoxy groups -OCH3 is 1. The van der Waals surface area contributed by atoms with Crippen LogP contribution in [0.15, 0.2) is 40.9 Å². The number of hydrogen-bond acceptors (Lipinski definition) is 5. The monoisotopic (exact) mass is 427 g/mol. The molecule has 0 unspecified atom stereocenters. The number of nitrogens with zero attached hydrogens (tertiary/aromatic N) is 2. The molecule has 0 aliphatic rings. The third-order valence-electron chi connectivity index (χ3n) is 4.47. The Hall–Kier alpha value is -2.60. The Morgan fingerprint density at radius 2 is 1.78 bits per heavy atom. The normalized spacial score (nSPS) is 11.0. The van der Waals surface area contributed by atoms with E-state index in [9.17, 15) is 5.11 Å². The summed E-state index contributed by atoms with van der Waals surface area (Å²) in [6.07, 6.45) is 0. The fourth-order valence-electron chi connectivity index (χ4n) is 3.16. The van der Waals surface area contributed by atoms with Gasteiger partial charge in [-0.1, -0.05) is 41.9 Å². The molecule has 0 aliphatic carbocycles. The van der Waals surface area contributed by atoms with Crippen molar-refractivity contribution in [3.05, 3.63) is 52.1 Å². The van der Waals surface area contributed by atoms with Crippen LogP contribution in [0.1, 0.15) is 31.0 Å². The van der Waals surface area contributed by atoms with Crippen molar-refractivity contribution in [2.24, 2.45) is 0 Å². The average Bonchev–Trinajstić information content (AvgIpc) is 2.61. The molecule has 0 atom stereocenters. The van der Waals surface area contributed by atoms with Gasteiger partial charge in [0, 0.05) is 21.7 Å². The van der Waals surface area contributed by atoms with Gasteiger partial charge in [0.25, 0.3) is 0 Å².